The van der Waals surface area contributed by atoms with E-state index in [2.05, 4.69) is 27.8 Å². The molecule has 0 aliphatic heterocycles. The summed E-state index contributed by atoms with van der Waals surface area (Å²) in [5, 5.41) is 7.78. The SMILES string of the molecule is Cc1nnc(S)[nH]1.[KH]. The van der Waals surface area contributed by atoms with E-state index < -0.39 is 0 Å². The molecule has 1 N–H and O–H groups in total. The fourth-order valence-electron chi connectivity index (χ4n) is 0.334. The van der Waals surface area contributed by atoms with E-state index in [4.69, 9.17) is 0 Å². The third-order valence-corrected chi connectivity index (χ3v) is 0.789. The van der Waals surface area contributed by atoms with E-state index in [0.29, 0.717) is 5.16 Å². The van der Waals surface area contributed by atoms with Crippen molar-refractivity contribution in [2.45, 2.75) is 12.1 Å². The third kappa shape index (κ3) is 2.61. The molecule has 0 amide bonds. The van der Waals surface area contributed by atoms with E-state index in [0.717, 1.165) is 5.82 Å². The number of aromatic amines is 1. The van der Waals surface area contributed by atoms with Crippen molar-refractivity contribution in [1.82, 2.24) is 15.2 Å². The second kappa shape index (κ2) is 4.02. The van der Waals surface area contributed by atoms with Crippen LogP contribution in [0.3, 0.4) is 0 Å². The molecule has 1 rings (SSSR count). The van der Waals surface area contributed by atoms with Crippen molar-refractivity contribution in [3.63, 3.8) is 0 Å². The molecule has 0 aromatic carbocycles. The topological polar surface area (TPSA) is 41.6 Å². The first kappa shape index (κ1) is 9.13. The molecule has 0 unspecified atom stereocenters. The summed E-state index contributed by atoms with van der Waals surface area (Å²) in [5.41, 5.74) is 0. The maximum absolute atomic E-state index is 3.88. The van der Waals surface area contributed by atoms with Gasteiger partial charge in [-0.25, -0.2) is 0 Å². The van der Waals surface area contributed by atoms with Gasteiger partial charge in [-0.1, -0.05) is 0 Å². The minimum atomic E-state index is 0. The maximum atomic E-state index is 3.88. The molecule has 1 aromatic rings. The van der Waals surface area contributed by atoms with Crippen LogP contribution in [0.5, 0.6) is 0 Å². The zero-order valence-corrected chi connectivity index (χ0v) is 4.74. The summed E-state index contributed by atoms with van der Waals surface area (Å²) < 4.78 is 0. The Hall–Kier alpha value is 1.13. The van der Waals surface area contributed by atoms with Gasteiger partial charge >= 0.3 is 51.4 Å². The van der Waals surface area contributed by atoms with Gasteiger partial charge in [0, 0.05) is 0 Å². The molecule has 0 aliphatic rings. The molecule has 5 heteroatoms. The summed E-state index contributed by atoms with van der Waals surface area (Å²) in [6, 6.07) is 0. The summed E-state index contributed by atoms with van der Waals surface area (Å²) in [6.07, 6.45) is 0. The molecule has 1 heterocycles. The number of nitrogens with zero attached hydrogens (tertiary/aromatic N) is 2. The molecule has 40 valence electrons. The number of H-pyrrole nitrogens is 1. The van der Waals surface area contributed by atoms with Gasteiger partial charge < -0.3 is 4.98 Å². The zero-order chi connectivity index (χ0) is 5.28. The summed E-state index contributed by atoms with van der Waals surface area (Å²) >= 11 is 3.88. The van der Waals surface area contributed by atoms with Crippen molar-refractivity contribution in [3.8, 4) is 0 Å². The molecule has 0 bridgehead atoms. The van der Waals surface area contributed by atoms with Gasteiger partial charge in [0.2, 0.25) is 0 Å². The molecule has 8 heavy (non-hydrogen) atoms. The van der Waals surface area contributed by atoms with Crippen molar-refractivity contribution in [2.75, 3.05) is 0 Å². The molecule has 0 atom stereocenters. The number of hydrogen-bond acceptors (Lipinski definition) is 3. The van der Waals surface area contributed by atoms with E-state index in [1.165, 1.54) is 0 Å². The summed E-state index contributed by atoms with van der Waals surface area (Å²) in [5.74, 6) is 0.796. The van der Waals surface area contributed by atoms with Gasteiger partial charge in [-0.3, -0.25) is 0 Å². The summed E-state index contributed by atoms with van der Waals surface area (Å²) in [6.45, 7) is 1.83. The Kier molecular flexibility index (Phi) is 4.59. The van der Waals surface area contributed by atoms with Crippen LogP contribution < -0.4 is 0 Å². The molecular weight excluding hydrogens is 149 g/mol. The van der Waals surface area contributed by atoms with E-state index in [1.54, 1.807) is 0 Å². The molecule has 0 spiro atoms. The quantitative estimate of drug-likeness (QED) is 0.401. The van der Waals surface area contributed by atoms with E-state index >= 15 is 0 Å². The average Bonchev–Trinajstić information content (AvgIpc) is 1.87. The minimum absolute atomic E-state index is 0. The van der Waals surface area contributed by atoms with E-state index in [1.807, 2.05) is 6.92 Å². The zero-order valence-electron chi connectivity index (χ0n) is 3.84. The van der Waals surface area contributed by atoms with E-state index in [-0.39, 0.29) is 51.4 Å². The first-order valence-corrected chi connectivity index (χ1v) is 2.32. The Morgan fingerprint density at radius 2 is 2.12 bits per heavy atom. The monoisotopic (exact) mass is 155 g/mol. The number of hydrogen-bond donors (Lipinski definition) is 2. The average molecular weight is 155 g/mol. The summed E-state index contributed by atoms with van der Waals surface area (Å²) in [4.78, 5) is 2.78. The predicted octanol–water partition coefficient (Wildman–Crippen LogP) is -0.247. The second-order valence-electron chi connectivity index (χ2n) is 1.23. The standard InChI is InChI=1S/C3H5N3S.K.H/c1-2-4-3(7)6-5-2;;/h1H3,(H2,4,5,6,7);;. The van der Waals surface area contributed by atoms with Gasteiger partial charge in [0.15, 0.2) is 5.16 Å². The molecule has 0 radical (unpaired) electrons. The molecule has 3 nitrogen and oxygen atoms in total. The Morgan fingerprint density at radius 1 is 1.50 bits per heavy atom. The van der Waals surface area contributed by atoms with Crippen LogP contribution in [0.4, 0.5) is 0 Å². The van der Waals surface area contributed by atoms with Crippen LogP contribution in [0.2, 0.25) is 0 Å². The number of aromatic nitrogens is 3. The Morgan fingerprint density at radius 3 is 2.25 bits per heavy atom. The Labute approximate surface area is 95.5 Å². The van der Waals surface area contributed by atoms with Crippen LogP contribution in [0.15, 0.2) is 5.16 Å². The Bertz CT molecular complexity index is 147. The molecule has 0 fully saturated rings. The van der Waals surface area contributed by atoms with Gasteiger partial charge in [0.1, 0.15) is 5.82 Å². The molecule has 1 aromatic heterocycles. The molecule has 0 aliphatic carbocycles. The second-order valence-corrected chi connectivity index (χ2v) is 1.66. The van der Waals surface area contributed by atoms with Crippen LogP contribution in [0.25, 0.3) is 0 Å². The number of rotatable bonds is 0. The fourth-order valence-corrected chi connectivity index (χ4v) is 0.541. The van der Waals surface area contributed by atoms with Gasteiger partial charge in [0.25, 0.3) is 0 Å². The number of nitrogens with one attached hydrogen (secondary N) is 1. The molecular formula is C3H6KN3S. The van der Waals surface area contributed by atoms with Crippen LogP contribution >= 0.6 is 12.6 Å². The van der Waals surface area contributed by atoms with Gasteiger partial charge in [-0.2, -0.15) is 0 Å². The first-order valence-electron chi connectivity index (χ1n) is 1.87. The normalized spacial score (nSPS) is 8.25. The molecule has 0 saturated carbocycles. The molecule has 0 saturated heterocycles. The van der Waals surface area contributed by atoms with Crippen molar-refractivity contribution < 1.29 is 0 Å². The van der Waals surface area contributed by atoms with Crippen molar-refractivity contribution >= 4 is 64.0 Å². The van der Waals surface area contributed by atoms with Crippen LogP contribution in [0.1, 0.15) is 5.82 Å². The van der Waals surface area contributed by atoms with Gasteiger partial charge in [-0.15, -0.1) is 22.8 Å². The number of aryl methyl sites for hydroxylation is 1. The van der Waals surface area contributed by atoms with Crippen LogP contribution in [-0.2, 0) is 0 Å². The Balaban J connectivity index is 0.000000490. The van der Waals surface area contributed by atoms with E-state index in [9.17, 15) is 0 Å². The van der Waals surface area contributed by atoms with Crippen molar-refractivity contribution in [1.29, 1.82) is 0 Å². The number of thiol groups is 1. The van der Waals surface area contributed by atoms with Crippen molar-refractivity contribution in [3.05, 3.63) is 5.82 Å². The van der Waals surface area contributed by atoms with Crippen LogP contribution in [-0.4, -0.2) is 66.6 Å². The van der Waals surface area contributed by atoms with Gasteiger partial charge in [-0.05, 0) is 6.92 Å². The van der Waals surface area contributed by atoms with Crippen LogP contribution in [0, 0.1) is 6.92 Å². The summed E-state index contributed by atoms with van der Waals surface area (Å²) in [7, 11) is 0. The predicted molar refractivity (Wildman–Crippen MR) is 35.5 cm³/mol. The third-order valence-electron chi connectivity index (χ3n) is 0.587. The first-order chi connectivity index (χ1) is 3.29. The van der Waals surface area contributed by atoms with Crippen molar-refractivity contribution in [2.24, 2.45) is 0 Å². The van der Waals surface area contributed by atoms with Gasteiger partial charge in [0.05, 0.1) is 0 Å². The fraction of sp³-hybridized carbons (Fsp3) is 0.333.